The predicted octanol–water partition coefficient (Wildman–Crippen LogP) is 0.423. The van der Waals surface area contributed by atoms with Crippen molar-refractivity contribution < 1.29 is 33.8 Å². The van der Waals surface area contributed by atoms with E-state index in [1.165, 1.54) is 4.90 Å². The van der Waals surface area contributed by atoms with Gasteiger partial charge in [-0.1, -0.05) is 12.2 Å². The van der Waals surface area contributed by atoms with Gasteiger partial charge in [0, 0.05) is 26.9 Å². The fourth-order valence-corrected chi connectivity index (χ4v) is 2.75. The Morgan fingerprint density at radius 3 is 1.83 bits per heavy atom. The Bertz CT molecular complexity index is 612. The second-order valence-corrected chi connectivity index (χ2v) is 5.63. The molecule has 0 aromatic heterocycles. The van der Waals surface area contributed by atoms with E-state index < -0.39 is 36.0 Å². The first-order valence-electron chi connectivity index (χ1n) is 7.54. The van der Waals surface area contributed by atoms with E-state index >= 15 is 0 Å². The van der Waals surface area contributed by atoms with Crippen molar-refractivity contribution in [3.05, 3.63) is 23.3 Å². The highest BCUT2D eigenvalue weighted by molar-refractivity contribution is 5.91. The van der Waals surface area contributed by atoms with Crippen molar-refractivity contribution in [2.75, 3.05) is 13.1 Å². The fourth-order valence-electron chi connectivity index (χ4n) is 2.75. The van der Waals surface area contributed by atoms with E-state index in [1.807, 2.05) is 12.2 Å². The molecule has 0 unspecified atom stereocenters. The Balaban J connectivity index is 2.23. The van der Waals surface area contributed by atoms with E-state index in [2.05, 4.69) is 4.74 Å². The van der Waals surface area contributed by atoms with E-state index in [4.69, 9.17) is 4.74 Å². The SMILES string of the molecule is CC(=O)O[C@@H](C(=O)O)[C@@H](OC(C)=O)C(=O)N1CC2=CCCC=C2C1. The predicted molar refractivity (Wildman–Crippen MR) is 80.7 cm³/mol. The van der Waals surface area contributed by atoms with Crippen LogP contribution in [-0.2, 0) is 28.7 Å². The number of carbonyl (C=O) groups excluding carboxylic acids is 3. The average Bonchev–Trinajstić information content (AvgIpc) is 2.93. The molecule has 0 bridgehead atoms. The number of amides is 1. The van der Waals surface area contributed by atoms with Crippen molar-refractivity contribution in [2.24, 2.45) is 0 Å². The van der Waals surface area contributed by atoms with Gasteiger partial charge in [-0.2, -0.15) is 0 Å². The van der Waals surface area contributed by atoms with Crippen LogP contribution in [0.15, 0.2) is 23.3 Å². The quantitative estimate of drug-likeness (QED) is 0.724. The lowest BCUT2D eigenvalue weighted by Gasteiger charge is -2.26. The lowest BCUT2D eigenvalue weighted by molar-refractivity contribution is -0.183. The Labute approximate surface area is 138 Å². The number of likely N-dealkylation sites (tertiary alicyclic amines) is 1. The molecule has 0 spiro atoms. The summed E-state index contributed by atoms with van der Waals surface area (Å²) in [6.07, 6.45) is 2.24. The van der Waals surface area contributed by atoms with E-state index in [1.54, 1.807) is 0 Å². The van der Waals surface area contributed by atoms with E-state index in [9.17, 15) is 24.3 Å². The Kier molecular flexibility index (Phi) is 5.38. The van der Waals surface area contributed by atoms with Gasteiger partial charge in [-0.05, 0) is 24.0 Å². The first kappa shape index (κ1) is 17.7. The summed E-state index contributed by atoms with van der Waals surface area (Å²) in [5.74, 6) is -3.97. The maximum Gasteiger partial charge on any atom is 0.349 e. The van der Waals surface area contributed by atoms with Crippen molar-refractivity contribution in [2.45, 2.75) is 38.9 Å². The Morgan fingerprint density at radius 2 is 1.42 bits per heavy atom. The molecule has 0 aromatic rings. The summed E-state index contributed by atoms with van der Waals surface area (Å²) in [5, 5.41) is 9.24. The van der Waals surface area contributed by atoms with Crippen molar-refractivity contribution in [1.82, 2.24) is 4.90 Å². The van der Waals surface area contributed by atoms with Gasteiger partial charge >= 0.3 is 17.9 Å². The molecule has 8 nitrogen and oxygen atoms in total. The number of aliphatic carboxylic acids is 1. The summed E-state index contributed by atoms with van der Waals surface area (Å²) in [6, 6.07) is 0. The Hall–Kier alpha value is -2.64. The van der Waals surface area contributed by atoms with Gasteiger partial charge in [-0.15, -0.1) is 0 Å². The summed E-state index contributed by atoms with van der Waals surface area (Å²) >= 11 is 0. The minimum Gasteiger partial charge on any atom is -0.478 e. The van der Waals surface area contributed by atoms with Crippen LogP contribution in [-0.4, -0.2) is 59.1 Å². The minimum absolute atomic E-state index is 0.314. The van der Waals surface area contributed by atoms with Gasteiger partial charge in [0.1, 0.15) is 0 Å². The number of nitrogens with zero attached hydrogens (tertiary/aromatic N) is 1. The standard InChI is InChI=1S/C16H19NO7/c1-9(18)23-13(14(16(21)22)24-10(2)19)15(20)17-7-11-5-3-4-6-12(11)8-17/h5-6,13-14H,3-4,7-8H2,1-2H3,(H,21,22)/t13-,14-/m1/s1. The second-order valence-electron chi connectivity index (χ2n) is 5.63. The third kappa shape index (κ3) is 4.01. The number of fused-ring (bicyclic) bond motifs is 1. The molecule has 1 aliphatic heterocycles. The molecule has 0 aromatic carbocycles. The lowest BCUT2D eigenvalue weighted by atomic mass is 10.0. The first-order chi connectivity index (χ1) is 11.3. The van der Waals surface area contributed by atoms with Gasteiger partial charge in [0.15, 0.2) is 0 Å². The maximum absolute atomic E-state index is 12.7. The van der Waals surface area contributed by atoms with Gasteiger partial charge in [-0.25, -0.2) is 4.79 Å². The van der Waals surface area contributed by atoms with Crippen LogP contribution in [0.1, 0.15) is 26.7 Å². The molecule has 24 heavy (non-hydrogen) atoms. The number of carboxylic acid groups (broad SMARTS) is 1. The van der Waals surface area contributed by atoms with E-state index in [0.717, 1.165) is 37.8 Å². The number of rotatable bonds is 5. The van der Waals surface area contributed by atoms with E-state index in [0.29, 0.717) is 13.1 Å². The number of hydrogen-bond acceptors (Lipinski definition) is 6. The van der Waals surface area contributed by atoms with Crippen molar-refractivity contribution in [3.8, 4) is 0 Å². The molecule has 0 saturated carbocycles. The van der Waals surface area contributed by atoms with Crippen LogP contribution in [0.2, 0.25) is 0 Å². The molecular formula is C16H19NO7. The smallest absolute Gasteiger partial charge is 0.349 e. The van der Waals surface area contributed by atoms with Gasteiger partial charge in [0.2, 0.25) is 12.2 Å². The molecule has 2 rings (SSSR count). The largest absolute Gasteiger partial charge is 0.478 e. The monoisotopic (exact) mass is 337 g/mol. The molecular weight excluding hydrogens is 318 g/mol. The van der Waals surface area contributed by atoms with Gasteiger partial charge in [0.25, 0.3) is 5.91 Å². The summed E-state index contributed by atoms with van der Waals surface area (Å²) in [4.78, 5) is 47.9. The fraction of sp³-hybridized carbons (Fsp3) is 0.500. The van der Waals surface area contributed by atoms with Crippen molar-refractivity contribution in [1.29, 1.82) is 0 Å². The van der Waals surface area contributed by atoms with Gasteiger partial charge in [-0.3, -0.25) is 14.4 Å². The zero-order valence-corrected chi connectivity index (χ0v) is 13.5. The molecule has 1 N–H and O–H groups in total. The van der Waals surface area contributed by atoms with Crippen LogP contribution in [0.3, 0.4) is 0 Å². The third-order valence-corrected chi connectivity index (χ3v) is 3.74. The molecule has 1 saturated heterocycles. The third-order valence-electron chi connectivity index (χ3n) is 3.74. The molecule has 0 radical (unpaired) electrons. The van der Waals surface area contributed by atoms with Gasteiger partial charge in [0.05, 0.1) is 0 Å². The average molecular weight is 337 g/mol. The van der Waals surface area contributed by atoms with Crippen LogP contribution >= 0.6 is 0 Å². The van der Waals surface area contributed by atoms with Crippen LogP contribution in [0, 0.1) is 0 Å². The molecule has 1 aliphatic carbocycles. The van der Waals surface area contributed by atoms with Crippen LogP contribution in [0.25, 0.3) is 0 Å². The normalized spacial score (nSPS) is 18.7. The molecule has 8 heteroatoms. The number of esters is 2. The lowest BCUT2D eigenvalue weighted by Crippen LogP contribution is -2.50. The summed E-state index contributed by atoms with van der Waals surface area (Å²) < 4.78 is 9.56. The molecule has 1 amide bonds. The first-order valence-corrected chi connectivity index (χ1v) is 7.54. The van der Waals surface area contributed by atoms with Crippen molar-refractivity contribution in [3.63, 3.8) is 0 Å². The molecule has 130 valence electrons. The number of ether oxygens (including phenoxy) is 2. The Morgan fingerprint density at radius 1 is 0.958 bits per heavy atom. The summed E-state index contributed by atoms with van der Waals surface area (Å²) in [7, 11) is 0. The molecule has 2 aliphatic rings. The number of carboxylic acids is 1. The summed E-state index contributed by atoms with van der Waals surface area (Å²) in [6.45, 7) is 2.71. The van der Waals surface area contributed by atoms with Crippen LogP contribution in [0.5, 0.6) is 0 Å². The van der Waals surface area contributed by atoms with Crippen molar-refractivity contribution >= 4 is 23.8 Å². The van der Waals surface area contributed by atoms with E-state index in [-0.39, 0.29) is 0 Å². The number of carbonyl (C=O) groups is 4. The zero-order valence-electron chi connectivity index (χ0n) is 13.5. The topological polar surface area (TPSA) is 110 Å². The summed E-state index contributed by atoms with van der Waals surface area (Å²) in [5.41, 5.74) is 2.02. The highest BCUT2D eigenvalue weighted by Gasteiger charge is 2.43. The second kappa shape index (κ2) is 7.29. The minimum atomic E-state index is -1.88. The van der Waals surface area contributed by atoms with Crippen LogP contribution in [0.4, 0.5) is 0 Å². The molecule has 2 atom stereocenters. The highest BCUT2D eigenvalue weighted by Crippen LogP contribution is 2.28. The molecule has 1 heterocycles. The van der Waals surface area contributed by atoms with Gasteiger partial charge < -0.3 is 19.5 Å². The highest BCUT2D eigenvalue weighted by atomic mass is 16.6. The molecule has 1 fully saturated rings. The zero-order chi connectivity index (χ0) is 17.9. The maximum atomic E-state index is 12.7. The number of hydrogen-bond donors (Lipinski definition) is 1. The van der Waals surface area contributed by atoms with Crippen LogP contribution < -0.4 is 0 Å². The number of allylic oxidation sites excluding steroid dienone is 2.